The van der Waals surface area contributed by atoms with E-state index < -0.39 is 0 Å². The number of hydrogen-bond acceptors (Lipinski definition) is 6. The average molecular weight is 232 g/mol. The third-order valence-electron chi connectivity index (χ3n) is 2.19. The molecule has 0 aliphatic heterocycles. The maximum Gasteiger partial charge on any atom is 0.189 e. The Bertz CT molecular complexity index is 655. The van der Waals surface area contributed by atoms with Crippen LogP contribution in [-0.4, -0.2) is 24.6 Å². The van der Waals surface area contributed by atoms with Gasteiger partial charge in [0.15, 0.2) is 16.6 Å². The first-order valence-electron chi connectivity index (χ1n) is 4.63. The maximum absolute atomic E-state index is 5.59. The van der Waals surface area contributed by atoms with E-state index >= 15 is 0 Å². The van der Waals surface area contributed by atoms with Gasteiger partial charge in [0.1, 0.15) is 12.0 Å². The second kappa shape index (κ2) is 3.24. The molecule has 0 aliphatic rings. The molecule has 0 radical (unpaired) electrons. The average Bonchev–Trinajstić information content (AvgIpc) is 2.83. The SMILES string of the molecule is Cc1cc2nnc(-c3csc(N)n3)n2cn1. The minimum atomic E-state index is 0.520. The highest BCUT2D eigenvalue weighted by Gasteiger charge is 2.11. The molecule has 0 aliphatic carbocycles. The molecule has 0 saturated carbocycles. The van der Waals surface area contributed by atoms with Crippen LogP contribution < -0.4 is 5.73 Å². The normalized spacial score (nSPS) is 11.1. The summed E-state index contributed by atoms with van der Waals surface area (Å²) in [6, 6.07) is 1.87. The van der Waals surface area contributed by atoms with Crippen LogP contribution in [0.15, 0.2) is 17.8 Å². The van der Waals surface area contributed by atoms with Crippen LogP contribution in [0.25, 0.3) is 17.2 Å². The van der Waals surface area contributed by atoms with Gasteiger partial charge in [-0.25, -0.2) is 9.97 Å². The fourth-order valence-corrected chi connectivity index (χ4v) is 2.00. The molecule has 0 spiro atoms. The van der Waals surface area contributed by atoms with Gasteiger partial charge < -0.3 is 5.73 Å². The predicted molar refractivity (Wildman–Crippen MR) is 61.0 cm³/mol. The van der Waals surface area contributed by atoms with Crippen LogP contribution in [0.1, 0.15) is 5.69 Å². The van der Waals surface area contributed by atoms with Crippen molar-refractivity contribution in [1.82, 2.24) is 24.6 Å². The van der Waals surface area contributed by atoms with Crippen molar-refractivity contribution in [2.75, 3.05) is 5.73 Å². The molecule has 3 heterocycles. The highest BCUT2D eigenvalue weighted by molar-refractivity contribution is 7.13. The molecule has 16 heavy (non-hydrogen) atoms. The number of anilines is 1. The molecule has 0 bridgehead atoms. The molecule has 0 atom stereocenters. The van der Waals surface area contributed by atoms with Crippen molar-refractivity contribution in [3.63, 3.8) is 0 Å². The Morgan fingerprint density at radius 3 is 3.00 bits per heavy atom. The fourth-order valence-electron chi connectivity index (χ4n) is 1.45. The molecule has 0 aromatic carbocycles. The van der Waals surface area contributed by atoms with Gasteiger partial charge in [-0.3, -0.25) is 4.40 Å². The Morgan fingerprint density at radius 1 is 1.38 bits per heavy atom. The van der Waals surface area contributed by atoms with E-state index in [0.29, 0.717) is 11.0 Å². The molecule has 6 nitrogen and oxygen atoms in total. The smallest absolute Gasteiger partial charge is 0.189 e. The molecule has 3 aromatic rings. The van der Waals surface area contributed by atoms with Gasteiger partial charge in [-0.05, 0) is 6.92 Å². The van der Waals surface area contributed by atoms with Gasteiger partial charge in [-0.1, -0.05) is 0 Å². The molecule has 2 N–H and O–H groups in total. The Hall–Kier alpha value is -2.02. The third kappa shape index (κ3) is 1.33. The van der Waals surface area contributed by atoms with Gasteiger partial charge in [0.25, 0.3) is 0 Å². The van der Waals surface area contributed by atoms with Crippen LogP contribution in [0.5, 0.6) is 0 Å². The standard InChI is InChI=1S/C9H8N6S/c1-5-2-7-13-14-8(15(7)4-11-5)6-3-16-9(10)12-6/h2-4H,1H3,(H2,10,12). The Balaban J connectivity index is 2.25. The molecule has 80 valence electrons. The van der Waals surface area contributed by atoms with Crippen LogP contribution >= 0.6 is 11.3 Å². The molecule has 0 unspecified atom stereocenters. The van der Waals surface area contributed by atoms with Crippen molar-refractivity contribution in [3.8, 4) is 11.5 Å². The van der Waals surface area contributed by atoms with E-state index in [1.54, 1.807) is 10.7 Å². The molecule has 7 heteroatoms. The summed E-state index contributed by atoms with van der Waals surface area (Å²) in [5.74, 6) is 0.662. The lowest BCUT2D eigenvalue weighted by atomic mass is 10.4. The molecular weight excluding hydrogens is 224 g/mol. The van der Waals surface area contributed by atoms with E-state index in [1.807, 2.05) is 18.4 Å². The van der Waals surface area contributed by atoms with E-state index in [4.69, 9.17) is 5.73 Å². The van der Waals surface area contributed by atoms with Gasteiger partial charge in [0, 0.05) is 17.1 Å². The number of aromatic nitrogens is 5. The molecule has 3 rings (SSSR count). The highest BCUT2D eigenvalue weighted by Crippen LogP contribution is 2.21. The van der Waals surface area contributed by atoms with Crippen molar-refractivity contribution in [3.05, 3.63) is 23.5 Å². The van der Waals surface area contributed by atoms with Crippen LogP contribution in [0.2, 0.25) is 0 Å². The van der Waals surface area contributed by atoms with Crippen molar-refractivity contribution in [2.24, 2.45) is 0 Å². The zero-order valence-electron chi connectivity index (χ0n) is 8.45. The molecule has 3 aromatic heterocycles. The quantitative estimate of drug-likeness (QED) is 0.680. The minimum absolute atomic E-state index is 0.520. The monoisotopic (exact) mass is 232 g/mol. The summed E-state index contributed by atoms with van der Waals surface area (Å²) >= 11 is 1.38. The number of hydrogen-bond donors (Lipinski definition) is 1. The summed E-state index contributed by atoms with van der Waals surface area (Å²) in [6.07, 6.45) is 1.69. The molecule has 0 fully saturated rings. The van der Waals surface area contributed by atoms with Crippen molar-refractivity contribution in [1.29, 1.82) is 0 Å². The van der Waals surface area contributed by atoms with Crippen LogP contribution in [0.4, 0.5) is 5.13 Å². The van der Waals surface area contributed by atoms with Crippen LogP contribution in [-0.2, 0) is 0 Å². The Morgan fingerprint density at radius 2 is 2.25 bits per heavy atom. The zero-order chi connectivity index (χ0) is 11.1. The topological polar surface area (TPSA) is 82.0 Å². The largest absolute Gasteiger partial charge is 0.375 e. The van der Waals surface area contributed by atoms with Gasteiger partial charge in [-0.2, -0.15) is 0 Å². The summed E-state index contributed by atoms with van der Waals surface area (Å²) in [6.45, 7) is 1.91. The maximum atomic E-state index is 5.59. The lowest BCUT2D eigenvalue weighted by Gasteiger charge is -1.96. The summed E-state index contributed by atoms with van der Waals surface area (Å²) < 4.78 is 1.79. The van der Waals surface area contributed by atoms with Gasteiger partial charge >= 0.3 is 0 Å². The van der Waals surface area contributed by atoms with E-state index in [-0.39, 0.29) is 0 Å². The first-order valence-corrected chi connectivity index (χ1v) is 5.51. The first-order chi connectivity index (χ1) is 7.74. The number of fused-ring (bicyclic) bond motifs is 1. The number of nitrogens with two attached hydrogens (primary N) is 1. The second-order valence-corrected chi connectivity index (χ2v) is 4.24. The van der Waals surface area contributed by atoms with E-state index in [2.05, 4.69) is 20.2 Å². The summed E-state index contributed by atoms with van der Waals surface area (Å²) in [5.41, 5.74) is 7.98. The third-order valence-corrected chi connectivity index (χ3v) is 2.86. The predicted octanol–water partition coefficient (Wildman–Crippen LogP) is 1.14. The van der Waals surface area contributed by atoms with E-state index in [0.717, 1.165) is 17.0 Å². The van der Waals surface area contributed by atoms with Crippen molar-refractivity contribution < 1.29 is 0 Å². The minimum Gasteiger partial charge on any atom is -0.375 e. The highest BCUT2D eigenvalue weighted by atomic mass is 32.1. The second-order valence-electron chi connectivity index (χ2n) is 3.35. The van der Waals surface area contributed by atoms with Crippen molar-refractivity contribution >= 4 is 22.1 Å². The van der Waals surface area contributed by atoms with Gasteiger partial charge in [0.2, 0.25) is 0 Å². The van der Waals surface area contributed by atoms with Crippen LogP contribution in [0, 0.1) is 6.92 Å². The molecule has 0 amide bonds. The number of rotatable bonds is 1. The Labute approximate surface area is 94.8 Å². The van der Waals surface area contributed by atoms with Crippen LogP contribution in [0.3, 0.4) is 0 Å². The number of nitrogens with zero attached hydrogens (tertiary/aromatic N) is 5. The lowest BCUT2D eigenvalue weighted by Crippen LogP contribution is -1.93. The number of thiazole rings is 1. The molecular formula is C9H8N6S. The lowest BCUT2D eigenvalue weighted by molar-refractivity contribution is 1.04. The van der Waals surface area contributed by atoms with Gasteiger partial charge in [0.05, 0.1) is 0 Å². The number of aryl methyl sites for hydroxylation is 1. The molecule has 0 saturated heterocycles. The number of nitrogen functional groups attached to an aromatic ring is 1. The summed E-state index contributed by atoms with van der Waals surface area (Å²) in [4.78, 5) is 8.37. The summed E-state index contributed by atoms with van der Waals surface area (Å²) in [5, 5.41) is 10.5. The van der Waals surface area contributed by atoms with Crippen molar-refractivity contribution in [2.45, 2.75) is 6.92 Å². The first kappa shape index (κ1) is 9.22. The van der Waals surface area contributed by atoms with Gasteiger partial charge in [-0.15, -0.1) is 21.5 Å². The fraction of sp³-hybridized carbons (Fsp3) is 0.111. The van der Waals surface area contributed by atoms with E-state index in [9.17, 15) is 0 Å². The zero-order valence-corrected chi connectivity index (χ0v) is 9.27. The summed E-state index contributed by atoms with van der Waals surface area (Å²) in [7, 11) is 0. The Kier molecular flexibility index (Phi) is 1.87. The van der Waals surface area contributed by atoms with E-state index in [1.165, 1.54) is 11.3 Å².